The van der Waals surface area contributed by atoms with Gasteiger partial charge >= 0.3 is 0 Å². The smallest absolute Gasteiger partial charge is 0.228 e. The Morgan fingerprint density at radius 1 is 1.26 bits per heavy atom. The van der Waals surface area contributed by atoms with Crippen LogP contribution in [0.15, 0.2) is 47.1 Å². The average molecular weight is 366 g/mol. The topological polar surface area (TPSA) is 99.8 Å². The van der Waals surface area contributed by atoms with Crippen molar-refractivity contribution in [2.45, 2.75) is 13.0 Å². The summed E-state index contributed by atoms with van der Waals surface area (Å²) < 4.78 is 4.69. The number of carbonyl (C=O) groups is 2. The van der Waals surface area contributed by atoms with Crippen molar-refractivity contribution < 1.29 is 19.3 Å². The second kappa shape index (κ2) is 6.71. The van der Waals surface area contributed by atoms with Gasteiger partial charge in [0.15, 0.2) is 0 Å². The fourth-order valence-corrected chi connectivity index (χ4v) is 3.37. The minimum atomic E-state index is -0.415. The normalized spacial score (nSPS) is 16.9. The van der Waals surface area contributed by atoms with Gasteiger partial charge in [-0.1, -0.05) is 12.1 Å². The Balaban J connectivity index is 1.45. The van der Waals surface area contributed by atoms with Crippen LogP contribution in [0, 0.1) is 5.92 Å². The van der Waals surface area contributed by atoms with Gasteiger partial charge in [-0.25, -0.2) is 4.63 Å². The molecule has 0 saturated carbocycles. The van der Waals surface area contributed by atoms with E-state index in [1.54, 1.807) is 41.1 Å². The lowest BCUT2D eigenvalue weighted by molar-refractivity contribution is -0.135. The molecule has 0 unspecified atom stereocenters. The summed E-state index contributed by atoms with van der Waals surface area (Å²) in [5.74, 6) is -0.543. The van der Waals surface area contributed by atoms with Crippen LogP contribution in [0.3, 0.4) is 0 Å². The molecule has 27 heavy (non-hydrogen) atoms. The Labute approximate surface area is 154 Å². The van der Waals surface area contributed by atoms with Crippen molar-refractivity contribution in [3.63, 3.8) is 0 Å². The number of aromatic hydroxyl groups is 1. The van der Waals surface area contributed by atoms with Gasteiger partial charge in [-0.05, 0) is 40.1 Å². The molecular formula is C19H18N4O4. The van der Waals surface area contributed by atoms with E-state index in [0.717, 1.165) is 5.56 Å². The number of hydrogen-bond donors (Lipinski definition) is 1. The number of phenols is 1. The van der Waals surface area contributed by atoms with Crippen LogP contribution in [0.25, 0.3) is 11.0 Å². The number of anilines is 1. The summed E-state index contributed by atoms with van der Waals surface area (Å²) in [7, 11) is 1.72. The average Bonchev–Trinajstić information content (AvgIpc) is 3.27. The van der Waals surface area contributed by atoms with Crippen molar-refractivity contribution in [3.05, 3.63) is 48.0 Å². The van der Waals surface area contributed by atoms with Gasteiger partial charge in [-0.2, -0.15) is 0 Å². The van der Waals surface area contributed by atoms with E-state index < -0.39 is 5.92 Å². The highest BCUT2D eigenvalue weighted by molar-refractivity contribution is 6.00. The van der Waals surface area contributed by atoms with Gasteiger partial charge in [-0.15, -0.1) is 0 Å². The Morgan fingerprint density at radius 2 is 2.07 bits per heavy atom. The van der Waals surface area contributed by atoms with Crippen LogP contribution in [0.2, 0.25) is 0 Å². The molecule has 3 aromatic rings. The van der Waals surface area contributed by atoms with Crippen molar-refractivity contribution in [2.24, 2.45) is 5.92 Å². The number of amides is 2. The lowest BCUT2D eigenvalue weighted by Gasteiger charge is -2.21. The SMILES string of the molecule is CN(Cc1ccc2nonc2c1)C(=O)[C@@H]1CC(=O)N(c2cccc(O)c2)C1. The molecule has 2 amide bonds. The predicted molar refractivity (Wildman–Crippen MR) is 96.8 cm³/mol. The largest absolute Gasteiger partial charge is 0.508 e. The molecule has 1 aromatic heterocycles. The van der Waals surface area contributed by atoms with Crippen LogP contribution in [-0.4, -0.2) is 45.7 Å². The van der Waals surface area contributed by atoms with Crippen molar-refractivity contribution in [1.29, 1.82) is 0 Å². The first-order valence-electron chi connectivity index (χ1n) is 8.57. The van der Waals surface area contributed by atoms with Crippen LogP contribution in [0.5, 0.6) is 5.75 Å². The molecule has 8 nitrogen and oxygen atoms in total. The van der Waals surface area contributed by atoms with Crippen molar-refractivity contribution in [2.75, 3.05) is 18.5 Å². The number of aromatic nitrogens is 2. The molecule has 0 bridgehead atoms. The number of carbonyl (C=O) groups excluding carboxylic acids is 2. The highest BCUT2D eigenvalue weighted by Crippen LogP contribution is 2.28. The van der Waals surface area contributed by atoms with Gasteiger partial charge in [0, 0.05) is 38.3 Å². The van der Waals surface area contributed by atoms with E-state index in [2.05, 4.69) is 14.9 Å². The highest BCUT2D eigenvalue weighted by Gasteiger charge is 2.36. The number of hydrogen-bond acceptors (Lipinski definition) is 6. The standard InChI is InChI=1S/C19H18N4O4/c1-22(10-12-5-6-16-17(7-12)21-27-20-16)19(26)13-8-18(25)23(11-13)14-3-2-4-15(24)9-14/h2-7,9,13,24H,8,10-11H2,1H3/t13-/m1/s1. The Morgan fingerprint density at radius 3 is 2.89 bits per heavy atom. The molecule has 0 radical (unpaired) electrons. The molecule has 0 aliphatic carbocycles. The first-order valence-corrected chi connectivity index (χ1v) is 8.57. The summed E-state index contributed by atoms with van der Waals surface area (Å²) in [6, 6.07) is 12.0. The Hall–Kier alpha value is -3.42. The summed E-state index contributed by atoms with van der Waals surface area (Å²) in [5, 5.41) is 17.2. The summed E-state index contributed by atoms with van der Waals surface area (Å²) in [6.07, 6.45) is 0.158. The second-order valence-corrected chi connectivity index (χ2v) is 6.71. The molecule has 1 aliphatic rings. The molecule has 1 N–H and O–H groups in total. The molecular weight excluding hydrogens is 348 g/mol. The minimum absolute atomic E-state index is 0.0879. The van der Waals surface area contributed by atoms with E-state index in [1.807, 2.05) is 12.1 Å². The fourth-order valence-electron chi connectivity index (χ4n) is 3.37. The lowest BCUT2D eigenvalue weighted by atomic mass is 10.1. The molecule has 2 aromatic carbocycles. The molecule has 2 heterocycles. The number of fused-ring (bicyclic) bond motifs is 1. The van der Waals surface area contributed by atoms with Crippen molar-refractivity contribution in [3.8, 4) is 5.75 Å². The Bertz CT molecular complexity index is 1020. The third-order valence-corrected chi connectivity index (χ3v) is 4.73. The molecule has 1 aliphatic heterocycles. The maximum absolute atomic E-state index is 12.8. The minimum Gasteiger partial charge on any atom is -0.508 e. The van der Waals surface area contributed by atoms with E-state index in [0.29, 0.717) is 29.8 Å². The number of rotatable bonds is 4. The predicted octanol–water partition coefficient (Wildman–Crippen LogP) is 1.94. The van der Waals surface area contributed by atoms with Gasteiger partial charge in [0.1, 0.15) is 16.8 Å². The first-order chi connectivity index (χ1) is 13.0. The van der Waals surface area contributed by atoms with Gasteiger partial charge in [0.2, 0.25) is 11.8 Å². The maximum Gasteiger partial charge on any atom is 0.228 e. The van der Waals surface area contributed by atoms with Gasteiger partial charge in [0.25, 0.3) is 0 Å². The first kappa shape index (κ1) is 17.0. The monoisotopic (exact) mass is 366 g/mol. The van der Waals surface area contributed by atoms with Gasteiger partial charge in [-0.3, -0.25) is 9.59 Å². The quantitative estimate of drug-likeness (QED) is 0.757. The maximum atomic E-state index is 12.8. The summed E-state index contributed by atoms with van der Waals surface area (Å²) in [4.78, 5) is 28.3. The zero-order valence-corrected chi connectivity index (χ0v) is 14.7. The van der Waals surface area contributed by atoms with Crippen LogP contribution in [0.1, 0.15) is 12.0 Å². The van der Waals surface area contributed by atoms with E-state index in [9.17, 15) is 14.7 Å². The van der Waals surface area contributed by atoms with Gasteiger partial charge < -0.3 is 14.9 Å². The number of phenolic OH excluding ortho intramolecular Hbond substituents is 1. The number of benzene rings is 2. The lowest BCUT2D eigenvalue weighted by Crippen LogP contribution is -2.34. The van der Waals surface area contributed by atoms with Crippen molar-refractivity contribution in [1.82, 2.24) is 15.2 Å². The third kappa shape index (κ3) is 3.33. The second-order valence-electron chi connectivity index (χ2n) is 6.71. The van der Waals surface area contributed by atoms with Crippen LogP contribution in [0.4, 0.5) is 5.69 Å². The highest BCUT2D eigenvalue weighted by atomic mass is 16.6. The van der Waals surface area contributed by atoms with E-state index in [-0.39, 0.29) is 24.0 Å². The van der Waals surface area contributed by atoms with Gasteiger partial charge in [0.05, 0.1) is 5.92 Å². The summed E-state index contributed by atoms with van der Waals surface area (Å²) in [6.45, 7) is 0.705. The zero-order valence-electron chi connectivity index (χ0n) is 14.7. The zero-order chi connectivity index (χ0) is 19.0. The van der Waals surface area contributed by atoms with E-state index in [4.69, 9.17) is 0 Å². The van der Waals surface area contributed by atoms with Crippen LogP contribution < -0.4 is 4.90 Å². The molecule has 1 atom stereocenters. The molecule has 0 spiro atoms. The Kier molecular flexibility index (Phi) is 4.23. The number of nitrogens with zero attached hydrogens (tertiary/aromatic N) is 4. The summed E-state index contributed by atoms with van der Waals surface area (Å²) in [5.41, 5.74) is 2.81. The van der Waals surface area contributed by atoms with Crippen LogP contribution in [-0.2, 0) is 16.1 Å². The summed E-state index contributed by atoms with van der Waals surface area (Å²) >= 11 is 0. The molecule has 1 fully saturated rings. The van der Waals surface area contributed by atoms with E-state index in [1.165, 1.54) is 6.07 Å². The molecule has 8 heteroatoms. The molecule has 4 rings (SSSR count). The van der Waals surface area contributed by atoms with Crippen LogP contribution >= 0.6 is 0 Å². The fraction of sp³-hybridized carbons (Fsp3) is 0.263. The third-order valence-electron chi connectivity index (χ3n) is 4.73. The van der Waals surface area contributed by atoms with Crippen molar-refractivity contribution >= 4 is 28.5 Å². The van der Waals surface area contributed by atoms with E-state index >= 15 is 0 Å². The molecule has 1 saturated heterocycles. The molecule has 138 valence electrons.